The van der Waals surface area contributed by atoms with Gasteiger partial charge in [0.25, 0.3) is 0 Å². The summed E-state index contributed by atoms with van der Waals surface area (Å²) in [6.07, 6.45) is 3.96. The highest BCUT2D eigenvalue weighted by atomic mass is 16.2. The van der Waals surface area contributed by atoms with E-state index in [1.54, 1.807) is 6.20 Å². The van der Waals surface area contributed by atoms with Crippen molar-refractivity contribution < 1.29 is 4.79 Å². The number of anilines is 1. The molecule has 0 atom stereocenters. The van der Waals surface area contributed by atoms with Crippen molar-refractivity contribution in [3.8, 4) is 0 Å². The molecule has 1 saturated carbocycles. The van der Waals surface area contributed by atoms with Crippen LogP contribution in [0.25, 0.3) is 0 Å². The molecule has 1 aliphatic rings. The van der Waals surface area contributed by atoms with Crippen LogP contribution in [0.15, 0.2) is 18.3 Å². The number of rotatable bonds is 4. The second-order valence-electron chi connectivity index (χ2n) is 3.86. The van der Waals surface area contributed by atoms with Crippen LogP contribution in [0.4, 0.5) is 5.82 Å². The van der Waals surface area contributed by atoms with E-state index in [4.69, 9.17) is 0 Å². The van der Waals surface area contributed by atoms with Gasteiger partial charge in [0.1, 0.15) is 5.82 Å². The number of aromatic nitrogens is 1. The lowest BCUT2D eigenvalue weighted by Crippen LogP contribution is -2.31. The van der Waals surface area contributed by atoms with Gasteiger partial charge in [-0.25, -0.2) is 4.98 Å². The lowest BCUT2D eigenvalue weighted by Gasteiger charge is -2.07. The maximum Gasteiger partial charge on any atom is 0.239 e. The molecule has 0 bridgehead atoms. The molecule has 0 radical (unpaired) electrons. The number of carbonyl (C=O) groups is 1. The van der Waals surface area contributed by atoms with Gasteiger partial charge in [0, 0.05) is 12.2 Å². The van der Waals surface area contributed by atoms with Crippen LogP contribution in [0.2, 0.25) is 0 Å². The van der Waals surface area contributed by atoms with E-state index in [2.05, 4.69) is 15.6 Å². The minimum absolute atomic E-state index is 0.0440. The van der Waals surface area contributed by atoms with Crippen molar-refractivity contribution in [2.24, 2.45) is 0 Å². The smallest absolute Gasteiger partial charge is 0.239 e. The number of amides is 1. The predicted molar refractivity (Wildman–Crippen MR) is 58.6 cm³/mol. The predicted octanol–water partition coefficient (Wildman–Crippen LogP) is 1.08. The van der Waals surface area contributed by atoms with E-state index in [1.807, 2.05) is 19.1 Å². The minimum atomic E-state index is 0.0440. The van der Waals surface area contributed by atoms with Crippen LogP contribution < -0.4 is 10.6 Å². The molecule has 15 heavy (non-hydrogen) atoms. The molecule has 1 amide bonds. The van der Waals surface area contributed by atoms with Gasteiger partial charge in [0.2, 0.25) is 5.91 Å². The molecular formula is C11H15N3O. The Morgan fingerprint density at radius 1 is 1.60 bits per heavy atom. The lowest BCUT2D eigenvalue weighted by molar-refractivity contribution is -0.119. The van der Waals surface area contributed by atoms with Gasteiger partial charge in [-0.1, -0.05) is 6.07 Å². The summed E-state index contributed by atoms with van der Waals surface area (Å²) in [6.45, 7) is 2.27. The number of pyridine rings is 1. The van der Waals surface area contributed by atoms with Crippen LogP contribution >= 0.6 is 0 Å². The summed E-state index contributed by atoms with van der Waals surface area (Å²) >= 11 is 0. The van der Waals surface area contributed by atoms with Crippen LogP contribution in [-0.4, -0.2) is 23.5 Å². The molecule has 80 valence electrons. The van der Waals surface area contributed by atoms with Crippen LogP contribution in [-0.2, 0) is 4.79 Å². The molecule has 1 aromatic heterocycles. The first-order valence-corrected chi connectivity index (χ1v) is 5.20. The van der Waals surface area contributed by atoms with Gasteiger partial charge in [0.15, 0.2) is 0 Å². The molecule has 2 N–H and O–H groups in total. The standard InChI is InChI=1S/C11H15N3O/c1-8-3-2-6-12-11(8)13-7-10(15)14-9-4-5-9/h2-3,6,9H,4-5,7H2,1H3,(H,12,13)(H,14,15). The van der Waals surface area contributed by atoms with E-state index in [9.17, 15) is 4.79 Å². The molecule has 1 heterocycles. The number of hydrogen-bond donors (Lipinski definition) is 2. The average Bonchev–Trinajstić information content (AvgIpc) is 3.00. The molecule has 1 fully saturated rings. The van der Waals surface area contributed by atoms with E-state index >= 15 is 0 Å². The number of carbonyl (C=O) groups excluding carboxylic acids is 1. The first-order chi connectivity index (χ1) is 7.25. The number of nitrogens with one attached hydrogen (secondary N) is 2. The summed E-state index contributed by atoms with van der Waals surface area (Å²) in [7, 11) is 0. The highest BCUT2D eigenvalue weighted by Crippen LogP contribution is 2.18. The van der Waals surface area contributed by atoms with E-state index in [0.29, 0.717) is 12.6 Å². The number of nitrogens with zero attached hydrogens (tertiary/aromatic N) is 1. The molecule has 0 unspecified atom stereocenters. The van der Waals surface area contributed by atoms with Crippen molar-refractivity contribution in [2.75, 3.05) is 11.9 Å². The van der Waals surface area contributed by atoms with Gasteiger partial charge in [-0.15, -0.1) is 0 Å². The Morgan fingerprint density at radius 3 is 3.07 bits per heavy atom. The van der Waals surface area contributed by atoms with E-state index in [0.717, 1.165) is 24.2 Å². The molecule has 0 saturated heterocycles. The minimum Gasteiger partial charge on any atom is -0.361 e. The summed E-state index contributed by atoms with van der Waals surface area (Å²) in [5.41, 5.74) is 1.05. The van der Waals surface area contributed by atoms with Crippen molar-refractivity contribution in [3.05, 3.63) is 23.9 Å². The Hall–Kier alpha value is -1.58. The highest BCUT2D eigenvalue weighted by molar-refractivity contribution is 5.81. The van der Waals surface area contributed by atoms with Crippen LogP contribution in [0.1, 0.15) is 18.4 Å². The summed E-state index contributed by atoms with van der Waals surface area (Å²) in [6, 6.07) is 4.27. The second kappa shape index (κ2) is 4.29. The van der Waals surface area contributed by atoms with Gasteiger partial charge in [0.05, 0.1) is 6.54 Å². The molecule has 2 rings (SSSR count). The maximum atomic E-state index is 11.4. The Morgan fingerprint density at radius 2 is 2.40 bits per heavy atom. The Balaban J connectivity index is 1.81. The third-order valence-corrected chi connectivity index (χ3v) is 2.37. The fraction of sp³-hybridized carbons (Fsp3) is 0.455. The monoisotopic (exact) mass is 205 g/mol. The normalized spacial score (nSPS) is 14.7. The second-order valence-corrected chi connectivity index (χ2v) is 3.86. The van der Waals surface area contributed by atoms with Crippen molar-refractivity contribution in [2.45, 2.75) is 25.8 Å². The maximum absolute atomic E-state index is 11.4. The molecular weight excluding hydrogens is 190 g/mol. The van der Waals surface area contributed by atoms with E-state index < -0.39 is 0 Å². The Labute approximate surface area is 89.1 Å². The van der Waals surface area contributed by atoms with Gasteiger partial charge in [-0.3, -0.25) is 4.79 Å². The van der Waals surface area contributed by atoms with Gasteiger partial charge in [-0.2, -0.15) is 0 Å². The fourth-order valence-electron chi connectivity index (χ4n) is 1.34. The molecule has 0 spiro atoms. The van der Waals surface area contributed by atoms with E-state index in [1.165, 1.54) is 0 Å². The highest BCUT2D eigenvalue weighted by Gasteiger charge is 2.22. The zero-order valence-corrected chi connectivity index (χ0v) is 8.79. The molecule has 0 aliphatic heterocycles. The van der Waals surface area contributed by atoms with Gasteiger partial charge >= 0.3 is 0 Å². The number of hydrogen-bond acceptors (Lipinski definition) is 3. The number of aryl methyl sites for hydroxylation is 1. The molecule has 1 aliphatic carbocycles. The third kappa shape index (κ3) is 2.94. The quantitative estimate of drug-likeness (QED) is 0.773. The lowest BCUT2D eigenvalue weighted by atomic mass is 10.3. The Kier molecular flexibility index (Phi) is 2.85. The first-order valence-electron chi connectivity index (χ1n) is 5.20. The van der Waals surface area contributed by atoms with Crippen molar-refractivity contribution >= 4 is 11.7 Å². The zero-order chi connectivity index (χ0) is 10.7. The van der Waals surface area contributed by atoms with Crippen LogP contribution in [0, 0.1) is 6.92 Å². The van der Waals surface area contributed by atoms with Crippen molar-refractivity contribution in [1.82, 2.24) is 10.3 Å². The summed E-state index contributed by atoms with van der Waals surface area (Å²) in [5, 5.41) is 5.94. The SMILES string of the molecule is Cc1cccnc1NCC(=O)NC1CC1. The first kappa shape index (κ1) is 9.96. The van der Waals surface area contributed by atoms with Gasteiger partial charge < -0.3 is 10.6 Å². The van der Waals surface area contributed by atoms with Gasteiger partial charge in [-0.05, 0) is 31.4 Å². The molecule has 4 heteroatoms. The Bertz CT molecular complexity index is 361. The van der Waals surface area contributed by atoms with Crippen molar-refractivity contribution in [1.29, 1.82) is 0 Å². The van der Waals surface area contributed by atoms with E-state index in [-0.39, 0.29) is 5.91 Å². The van der Waals surface area contributed by atoms with Crippen LogP contribution in [0.5, 0.6) is 0 Å². The molecule has 4 nitrogen and oxygen atoms in total. The largest absolute Gasteiger partial charge is 0.361 e. The topological polar surface area (TPSA) is 54.0 Å². The zero-order valence-electron chi connectivity index (χ0n) is 8.79. The molecule has 0 aromatic carbocycles. The summed E-state index contributed by atoms with van der Waals surface area (Å²) in [5.74, 6) is 0.825. The molecule has 1 aromatic rings. The van der Waals surface area contributed by atoms with Crippen molar-refractivity contribution in [3.63, 3.8) is 0 Å². The fourth-order valence-corrected chi connectivity index (χ4v) is 1.34. The summed E-state index contributed by atoms with van der Waals surface area (Å²) in [4.78, 5) is 15.5. The summed E-state index contributed by atoms with van der Waals surface area (Å²) < 4.78 is 0. The third-order valence-electron chi connectivity index (χ3n) is 2.37. The average molecular weight is 205 g/mol. The van der Waals surface area contributed by atoms with Crippen LogP contribution in [0.3, 0.4) is 0 Å².